The molecule has 1 aliphatic heterocycles. The van der Waals surface area contributed by atoms with Gasteiger partial charge in [0.2, 0.25) is 0 Å². The van der Waals surface area contributed by atoms with Gasteiger partial charge in [0, 0.05) is 0 Å². The van der Waals surface area contributed by atoms with Crippen LogP contribution in [0.2, 0.25) is 0 Å². The lowest BCUT2D eigenvalue weighted by Gasteiger charge is -2.30. The molecular weight excluding hydrogens is 270 g/mol. The van der Waals surface area contributed by atoms with Gasteiger partial charge < -0.3 is 14.2 Å². The van der Waals surface area contributed by atoms with Crippen LogP contribution in [0.4, 0.5) is 0 Å². The molecule has 2 rings (SSSR count). The Balaban J connectivity index is 2.25. The maximum Gasteiger partial charge on any atom is 0.336 e. The Kier molecular flexibility index (Phi) is 3.94. The summed E-state index contributed by atoms with van der Waals surface area (Å²) in [7, 11) is 1.61. The van der Waals surface area contributed by atoms with Gasteiger partial charge in [-0.1, -0.05) is 12.1 Å². The average molecular weight is 291 g/mol. The number of ether oxygens (including phenoxy) is 3. The summed E-state index contributed by atoms with van der Waals surface area (Å²) >= 11 is 0. The van der Waals surface area contributed by atoms with Gasteiger partial charge in [-0.15, -0.1) is 0 Å². The van der Waals surface area contributed by atoms with Crippen molar-refractivity contribution in [3.8, 4) is 5.75 Å². The van der Waals surface area contributed by atoms with Gasteiger partial charge in [-0.05, 0) is 45.4 Å². The van der Waals surface area contributed by atoms with Crippen molar-refractivity contribution < 1.29 is 19.0 Å². The van der Waals surface area contributed by atoms with Crippen LogP contribution in [-0.2, 0) is 19.9 Å². The number of benzene rings is 1. The first kappa shape index (κ1) is 15.4. The zero-order valence-electron chi connectivity index (χ0n) is 13.0. The van der Waals surface area contributed by atoms with Gasteiger partial charge in [-0.25, -0.2) is 9.79 Å². The second-order valence-electron chi connectivity index (χ2n) is 6.14. The lowest BCUT2D eigenvalue weighted by atomic mass is 9.88. The molecular formula is C16H21NO4. The summed E-state index contributed by atoms with van der Waals surface area (Å²) in [5.41, 5.74) is -0.582. The van der Waals surface area contributed by atoms with Gasteiger partial charge in [-0.2, -0.15) is 0 Å². The third-order valence-electron chi connectivity index (χ3n) is 3.32. The molecule has 1 aromatic carbocycles. The van der Waals surface area contributed by atoms with Gasteiger partial charge in [0.1, 0.15) is 11.4 Å². The first-order chi connectivity index (χ1) is 9.76. The number of hydrogen-bond acceptors (Lipinski definition) is 5. The van der Waals surface area contributed by atoms with Crippen LogP contribution in [-0.4, -0.2) is 31.1 Å². The normalized spacial score (nSPS) is 24.5. The smallest absolute Gasteiger partial charge is 0.336 e. The van der Waals surface area contributed by atoms with Gasteiger partial charge in [0.05, 0.1) is 7.11 Å². The van der Waals surface area contributed by atoms with E-state index in [0.29, 0.717) is 0 Å². The minimum atomic E-state index is -0.866. The van der Waals surface area contributed by atoms with Crippen molar-refractivity contribution in [2.24, 2.45) is 4.99 Å². The Morgan fingerprint density at radius 2 is 1.90 bits per heavy atom. The molecule has 5 nitrogen and oxygen atoms in total. The first-order valence-corrected chi connectivity index (χ1v) is 6.83. The zero-order valence-corrected chi connectivity index (χ0v) is 13.0. The number of methoxy groups -OCH3 is 1. The standard InChI is InChI=1S/C16H21NO4/c1-15(2,3)21-14(18)13-16(4,20-10-17-13)11-6-8-12(19-5)9-7-11/h6-10,13H,1-5H3/t13-,16-/m0/s1. The summed E-state index contributed by atoms with van der Waals surface area (Å²) in [5, 5.41) is 0. The molecule has 0 saturated carbocycles. The maximum atomic E-state index is 12.3. The Bertz CT molecular complexity index is 544. The first-order valence-electron chi connectivity index (χ1n) is 6.83. The quantitative estimate of drug-likeness (QED) is 0.803. The van der Waals surface area contributed by atoms with Crippen molar-refractivity contribution in [1.29, 1.82) is 0 Å². The average Bonchev–Trinajstić information content (AvgIpc) is 2.80. The summed E-state index contributed by atoms with van der Waals surface area (Å²) in [6, 6.07) is 6.67. The highest BCUT2D eigenvalue weighted by atomic mass is 16.6. The van der Waals surface area contributed by atoms with Crippen LogP contribution in [0.1, 0.15) is 33.3 Å². The SMILES string of the molecule is COc1ccc([C@]2(C)OC=N[C@H]2C(=O)OC(C)(C)C)cc1. The Morgan fingerprint density at radius 1 is 1.29 bits per heavy atom. The molecule has 1 aromatic rings. The summed E-state index contributed by atoms with van der Waals surface area (Å²) in [6.45, 7) is 7.32. The fraction of sp³-hybridized carbons (Fsp3) is 0.500. The summed E-state index contributed by atoms with van der Waals surface area (Å²) in [6.07, 6.45) is 1.32. The van der Waals surface area contributed by atoms with Crippen molar-refractivity contribution in [2.75, 3.05) is 7.11 Å². The van der Waals surface area contributed by atoms with Crippen LogP contribution in [0.25, 0.3) is 0 Å². The molecule has 0 fully saturated rings. The van der Waals surface area contributed by atoms with E-state index in [2.05, 4.69) is 4.99 Å². The predicted octanol–water partition coefficient (Wildman–Crippen LogP) is 2.68. The fourth-order valence-corrected chi connectivity index (χ4v) is 2.20. The Labute approximate surface area is 124 Å². The molecule has 0 aliphatic carbocycles. The molecule has 0 bridgehead atoms. The molecule has 0 saturated heterocycles. The third kappa shape index (κ3) is 3.17. The van der Waals surface area contributed by atoms with E-state index in [1.807, 2.05) is 52.0 Å². The van der Waals surface area contributed by atoms with Crippen molar-refractivity contribution in [3.63, 3.8) is 0 Å². The van der Waals surface area contributed by atoms with Crippen molar-refractivity contribution >= 4 is 12.4 Å². The monoisotopic (exact) mass is 291 g/mol. The molecule has 0 aromatic heterocycles. The zero-order chi connectivity index (χ0) is 15.7. The number of carbonyl (C=O) groups is 1. The van der Waals surface area contributed by atoms with Crippen LogP contribution < -0.4 is 4.74 Å². The van der Waals surface area contributed by atoms with Gasteiger partial charge in [0.25, 0.3) is 0 Å². The summed E-state index contributed by atoms with van der Waals surface area (Å²) < 4.78 is 16.2. The van der Waals surface area contributed by atoms with E-state index in [9.17, 15) is 4.79 Å². The Hall–Kier alpha value is -2.04. The van der Waals surface area contributed by atoms with Gasteiger partial charge in [0.15, 0.2) is 18.0 Å². The van der Waals surface area contributed by atoms with Crippen LogP contribution in [0, 0.1) is 0 Å². The van der Waals surface area contributed by atoms with E-state index < -0.39 is 23.2 Å². The topological polar surface area (TPSA) is 57.1 Å². The van der Waals surface area contributed by atoms with Crippen LogP contribution in [0.3, 0.4) is 0 Å². The molecule has 0 radical (unpaired) electrons. The molecule has 1 aliphatic rings. The van der Waals surface area contributed by atoms with Crippen LogP contribution in [0.15, 0.2) is 29.3 Å². The van der Waals surface area contributed by atoms with Crippen LogP contribution in [0.5, 0.6) is 5.75 Å². The van der Waals surface area contributed by atoms with Crippen LogP contribution >= 0.6 is 0 Å². The molecule has 1 heterocycles. The highest BCUT2D eigenvalue weighted by molar-refractivity contribution is 5.81. The number of esters is 1. The molecule has 0 N–H and O–H groups in total. The second kappa shape index (κ2) is 5.39. The third-order valence-corrected chi connectivity index (χ3v) is 3.32. The number of aliphatic imine (C=N–C) groups is 1. The Morgan fingerprint density at radius 3 is 2.43 bits per heavy atom. The largest absolute Gasteiger partial charge is 0.497 e. The molecule has 0 unspecified atom stereocenters. The van der Waals surface area contributed by atoms with Crippen molar-refractivity contribution in [3.05, 3.63) is 29.8 Å². The molecule has 114 valence electrons. The number of nitrogens with zero attached hydrogens (tertiary/aromatic N) is 1. The molecule has 0 amide bonds. The fourth-order valence-electron chi connectivity index (χ4n) is 2.20. The predicted molar refractivity (Wildman–Crippen MR) is 79.6 cm³/mol. The number of rotatable bonds is 3. The minimum absolute atomic E-state index is 0.394. The maximum absolute atomic E-state index is 12.3. The van der Waals surface area contributed by atoms with E-state index in [1.54, 1.807) is 7.11 Å². The number of carbonyl (C=O) groups excluding carboxylic acids is 1. The molecule has 5 heteroatoms. The van der Waals surface area contributed by atoms with Crippen molar-refractivity contribution in [1.82, 2.24) is 0 Å². The van der Waals surface area contributed by atoms with Gasteiger partial charge >= 0.3 is 5.97 Å². The van der Waals surface area contributed by atoms with E-state index in [-0.39, 0.29) is 0 Å². The van der Waals surface area contributed by atoms with E-state index in [0.717, 1.165) is 11.3 Å². The van der Waals surface area contributed by atoms with E-state index in [4.69, 9.17) is 14.2 Å². The summed E-state index contributed by atoms with van der Waals surface area (Å²) in [5.74, 6) is 0.352. The van der Waals surface area contributed by atoms with Gasteiger partial charge in [-0.3, -0.25) is 0 Å². The van der Waals surface area contributed by atoms with E-state index >= 15 is 0 Å². The molecule has 0 spiro atoms. The van der Waals surface area contributed by atoms with Crippen molar-refractivity contribution in [2.45, 2.75) is 44.9 Å². The number of hydrogen-bond donors (Lipinski definition) is 0. The molecule has 2 atom stereocenters. The highest BCUT2D eigenvalue weighted by Gasteiger charge is 2.47. The molecule has 21 heavy (non-hydrogen) atoms. The lowest BCUT2D eigenvalue weighted by molar-refractivity contribution is -0.160. The summed E-state index contributed by atoms with van der Waals surface area (Å²) in [4.78, 5) is 16.5. The second-order valence-corrected chi connectivity index (χ2v) is 6.14. The van der Waals surface area contributed by atoms with E-state index in [1.165, 1.54) is 6.40 Å². The highest BCUT2D eigenvalue weighted by Crippen LogP contribution is 2.36. The minimum Gasteiger partial charge on any atom is -0.497 e. The lowest BCUT2D eigenvalue weighted by Crippen LogP contribution is -2.42.